The SMILES string of the molecule is CCCCCCCCCCCCCN1C=CN(CCC)C1(Cc1ccccc1)C(CC)c1ccccc1. The summed E-state index contributed by atoms with van der Waals surface area (Å²) in [6, 6.07) is 22.5. The van der Waals surface area contributed by atoms with Crippen molar-refractivity contribution in [1.29, 1.82) is 0 Å². The summed E-state index contributed by atoms with van der Waals surface area (Å²) in [5.74, 6) is 0.447. The molecule has 0 N–H and O–H groups in total. The predicted octanol–water partition coefficient (Wildman–Crippen LogP) is 9.93. The van der Waals surface area contributed by atoms with Crippen molar-refractivity contribution < 1.29 is 0 Å². The Hall–Kier alpha value is -2.22. The van der Waals surface area contributed by atoms with Crippen molar-refractivity contribution in [3.63, 3.8) is 0 Å². The molecule has 2 aromatic carbocycles. The van der Waals surface area contributed by atoms with Crippen LogP contribution in [0.3, 0.4) is 0 Å². The second-order valence-electron chi connectivity index (χ2n) is 11.1. The highest BCUT2D eigenvalue weighted by atomic mass is 15.4. The third-order valence-electron chi connectivity index (χ3n) is 8.36. The molecular formula is C35H54N2. The van der Waals surface area contributed by atoms with Crippen LogP contribution in [0.25, 0.3) is 0 Å². The lowest BCUT2D eigenvalue weighted by Gasteiger charge is -2.51. The summed E-state index contributed by atoms with van der Waals surface area (Å²) in [6.07, 6.45) is 23.5. The minimum absolute atomic E-state index is 0.0496. The van der Waals surface area contributed by atoms with Gasteiger partial charge in [0, 0.05) is 37.8 Å². The number of nitrogens with zero attached hydrogens (tertiary/aromatic N) is 2. The van der Waals surface area contributed by atoms with E-state index in [1.54, 1.807) is 0 Å². The van der Waals surface area contributed by atoms with Crippen LogP contribution in [0.5, 0.6) is 0 Å². The molecule has 3 rings (SSSR count). The molecule has 2 heteroatoms. The van der Waals surface area contributed by atoms with Gasteiger partial charge in [0.2, 0.25) is 0 Å². The topological polar surface area (TPSA) is 6.48 Å². The highest BCUT2D eigenvalue weighted by Gasteiger charge is 2.48. The average molecular weight is 503 g/mol. The van der Waals surface area contributed by atoms with Crippen LogP contribution in [0.15, 0.2) is 73.1 Å². The Morgan fingerprint density at radius 3 is 1.62 bits per heavy atom. The molecule has 0 aliphatic carbocycles. The van der Waals surface area contributed by atoms with Crippen LogP contribution in [-0.4, -0.2) is 28.6 Å². The van der Waals surface area contributed by atoms with Crippen molar-refractivity contribution in [3.05, 3.63) is 84.2 Å². The highest BCUT2D eigenvalue weighted by molar-refractivity contribution is 5.30. The lowest BCUT2D eigenvalue weighted by Crippen LogP contribution is -2.59. The minimum atomic E-state index is -0.0496. The minimum Gasteiger partial charge on any atom is -0.353 e. The molecule has 0 fully saturated rings. The normalized spacial score (nSPS) is 18.0. The summed E-state index contributed by atoms with van der Waals surface area (Å²) in [4.78, 5) is 5.41. The molecule has 0 spiro atoms. The zero-order valence-electron chi connectivity index (χ0n) is 24.2. The first-order valence-corrected chi connectivity index (χ1v) is 15.6. The zero-order valence-corrected chi connectivity index (χ0v) is 24.2. The number of hydrogen-bond acceptors (Lipinski definition) is 2. The Morgan fingerprint density at radius 2 is 1.08 bits per heavy atom. The van der Waals surface area contributed by atoms with E-state index in [-0.39, 0.29) is 5.66 Å². The van der Waals surface area contributed by atoms with Gasteiger partial charge in [-0.25, -0.2) is 0 Å². The summed E-state index contributed by atoms with van der Waals surface area (Å²) in [5, 5.41) is 0. The Kier molecular flexibility index (Phi) is 13.2. The molecule has 0 aromatic heterocycles. The van der Waals surface area contributed by atoms with Crippen molar-refractivity contribution >= 4 is 0 Å². The fourth-order valence-electron chi connectivity index (χ4n) is 6.45. The quantitative estimate of drug-likeness (QED) is 0.176. The maximum Gasteiger partial charge on any atom is 0.123 e. The average Bonchev–Trinajstić information content (AvgIpc) is 3.26. The van der Waals surface area contributed by atoms with Crippen LogP contribution < -0.4 is 0 Å². The first-order chi connectivity index (χ1) is 18.3. The van der Waals surface area contributed by atoms with Crippen LogP contribution in [0.2, 0.25) is 0 Å². The predicted molar refractivity (Wildman–Crippen MR) is 162 cm³/mol. The summed E-state index contributed by atoms with van der Waals surface area (Å²) < 4.78 is 0. The molecule has 2 aromatic rings. The molecule has 2 atom stereocenters. The van der Waals surface area contributed by atoms with Gasteiger partial charge < -0.3 is 9.80 Å². The van der Waals surface area contributed by atoms with Gasteiger partial charge in [0.25, 0.3) is 0 Å². The molecular weight excluding hydrogens is 448 g/mol. The van der Waals surface area contributed by atoms with Gasteiger partial charge in [0.05, 0.1) is 0 Å². The fourth-order valence-corrected chi connectivity index (χ4v) is 6.45. The molecule has 1 heterocycles. The number of hydrogen-bond donors (Lipinski definition) is 0. The molecule has 1 aliphatic rings. The smallest absolute Gasteiger partial charge is 0.123 e. The zero-order chi connectivity index (χ0) is 26.2. The van der Waals surface area contributed by atoms with Gasteiger partial charge in [-0.15, -0.1) is 0 Å². The highest BCUT2D eigenvalue weighted by Crippen LogP contribution is 2.45. The second-order valence-corrected chi connectivity index (χ2v) is 11.1. The first-order valence-electron chi connectivity index (χ1n) is 15.6. The van der Waals surface area contributed by atoms with Gasteiger partial charge in [0.1, 0.15) is 5.66 Å². The lowest BCUT2D eigenvalue weighted by molar-refractivity contribution is -0.00287. The van der Waals surface area contributed by atoms with Crippen LogP contribution in [-0.2, 0) is 6.42 Å². The molecule has 0 saturated heterocycles. The Bertz CT molecular complexity index is 861. The van der Waals surface area contributed by atoms with E-state index in [1.165, 1.54) is 88.2 Å². The van der Waals surface area contributed by atoms with Crippen molar-refractivity contribution in [3.8, 4) is 0 Å². The molecule has 2 unspecified atom stereocenters. The van der Waals surface area contributed by atoms with Crippen LogP contribution in [0, 0.1) is 0 Å². The van der Waals surface area contributed by atoms with Gasteiger partial charge >= 0.3 is 0 Å². The van der Waals surface area contributed by atoms with Gasteiger partial charge in [-0.2, -0.15) is 0 Å². The first kappa shape index (κ1) is 29.3. The van der Waals surface area contributed by atoms with Crippen molar-refractivity contribution in [2.24, 2.45) is 0 Å². The number of benzene rings is 2. The lowest BCUT2D eigenvalue weighted by atomic mass is 9.78. The molecule has 37 heavy (non-hydrogen) atoms. The summed E-state index contributed by atoms with van der Waals surface area (Å²) in [6.45, 7) is 9.24. The van der Waals surface area contributed by atoms with Gasteiger partial charge in [-0.3, -0.25) is 0 Å². The molecule has 204 valence electrons. The Morgan fingerprint density at radius 1 is 0.568 bits per heavy atom. The van der Waals surface area contributed by atoms with Gasteiger partial charge in [-0.05, 0) is 30.4 Å². The summed E-state index contributed by atoms with van der Waals surface area (Å²) in [7, 11) is 0. The van der Waals surface area contributed by atoms with E-state index >= 15 is 0 Å². The largest absolute Gasteiger partial charge is 0.353 e. The number of rotatable bonds is 19. The standard InChI is InChI=1S/C35H54N2/c1-4-7-8-9-10-11-12-13-14-15-22-28-37-30-29-36(27-5-2)35(37,31-32-23-18-16-19-24-32)34(6-3)33-25-20-17-21-26-33/h16-21,23-26,29-30,34H,4-15,22,27-28,31H2,1-3H3. The van der Waals surface area contributed by atoms with E-state index in [2.05, 4.69) is 104 Å². The molecule has 0 bridgehead atoms. The van der Waals surface area contributed by atoms with E-state index in [1.807, 2.05) is 0 Å². The van der Waals surface area contributed by atoms with Crippen molar-refractivity contribution in [2.75, 3.05) is 13.1 Å². The number of unbranched alkanes of at least 4 members (excludes halogenated alkanes) is 10. The second kappa shape index (κ2) is 16.6. The van der Waals surface area contributed by atoms with Crippen LogP contribution in [0.1, 0.15) is 121 Å². The maximum atomic E-state index is 2.73. The van der Waals surface area contributed by atoms with E-state index in [0.29, 0.717) is 5.92 Å². The van der Waals surface area contributed by atoms with Gasteiger partial charge in [-0.1, -0.05) is 146 Å². The van der Waals surface area contributed by atoms with E-state index in [4.69, 9.17) is 0 Å². The van der Waals surface area contributed by atoms with E-state index < -0.39 is 0 Å². The molecule has 0 saturated carbocycles. The fraction of sp³-hybridized carbons (Fsp3) is 0.600. The molecule has 0 radical (unpaired) electrons. The molecule has 2 nitrogen and oxygen atoms in total. The Balaban J connectivity index is 1.67. The third-order valence-corrected chi connectivity index (χ3v) is 8.36. The maximum absolute atomic E-state index is 2.73. The van der Waals surface area contributed by atoms with Crippen LogP contribution in [0.4, 0.5) is 0 Å². The third kappa shape index (κ3) is 8.39. The summed E-state index contributed by atoms with van der Waals surface area (Å²) >= 11 is 0. The molecule has 1 aliphatic heterocycles. The molecule has 0 amide bonds. The summed E-state index contributed by atoms with van der Waals surface area (Å²) in [5.41, 5.74) is 2.85. The van der Waals surface area contributed by atoms with Crippen molar-refractivity contribution in [2.45, 2.75) is 122 Å². The van der Waals surface area contributed by atoms with Crippen molar-refractivity contribution in [1.82, 2.24) is 9.80 Å². The Labute approximate surface area is 229 Å². The van der Waals surface area contributed by atoms with Gasteiger partial charge in [0.15, 0.2) is 0 Å². The van der Waals surface area contributed by atoms with Crippen LogP contribution >= 0.6 is 0 Å². The monoisotopic (exact) mass is 502 g/mol. The van der Waals surface area contributed by atoms with E-state index in [9.17, 15) is 0 Å². The van der Waals surface area contributed by atoms with E-state index in [0.717, 1.165) is 25.9 Å².